The van der Waals surface area contributed by atoms with Gasteiger partial charge in [0.25, 0.3) is 5.56 Å². The van der Waals surface area contributed by atoms with Crippen molar-refractivity contribution in [1.82, 2.24) is 25.0 Å². The Hall–Kier alpha value is -2.74. The first kappa shape index (κ1) is 12.3. The van der Waals surface area contributed by atoms with Crippen molar-refractivity contribution >= 4 is 10.9 Å². The summed E-state index contributed by atoms with van der Waals surface area (Å²) < 4.78 is 11.5. The van der Waals surface area contributed by atoms with Crippen LogP contribution in [0.25, 0.3) is 10.9 Å². The first-order valence-electron chi connectivity index (χ1n) is 5.81. The maximum absolute atomic E-state index is 12.0. The molecule has 0 aliphatic rings. The summed E-state index contributed by atoms with van der Waals surface area (Å²) in [5.41, 5.74) is 0.404. The van der Waals surface area contributed by atoms with E-state index in [-0.39, 0.29) is 12.4 Å². The van der Waals surface area contributed by atoms with Crippen molar-refractivity contribution in [3.63, 3.8) is 0 Å². The second-order valence-electron chi connectivity index (χ2n) is 3.96. The van der Waals surface area contributed by atoms with Crippen molar-refractivity contribution in [3.05, 3.63) is 47.0 Å². The predicted molar refractivity (Wildman–Crippen MR) is 69.3 cm³/mol. The van der Waals surface area contributed by atoms with Crippen molar-refractivity contribution in [2.75, 3.05) is 13.9 Å². The first-order valence-corrected chi connectivity index (χ1v) is 5.81. The van der Waals surface area contributed by atoms with Crippen LogP contribution < -0.4 is 10.3 Å². The van der Waals surface area contributed by atoms with Crippen LogP contribution in [0.3, 0.4) is 0 Å². The van der Waals surface area contributed by atoms with Crippen LogP contribution >= 0.6 is 0 Å². The molecule has 0 N–H and O–H groups in total. The van der Waals surface area contributed by atoms with Gasteiger partial charge in [0.15, 0.2) is 13.1 Å². The van der Waals surface area contributed by atoms with E-state index < -0.39 is 0 Å². The van der Waals surface area contributed by atoms with Crippen LogP contribution in [0, 0.1) is 0 Å². The van der Waals surface area contributed by atoms with Crippen molar-refractivity contribution in [3.8, 4) is 5.75 Å². The molecular weight excluding hydrogens is 262 g/mol. The number of ether oxygens (including phenoxy) is 2. The Morgan fingerprint density at radius 2 is 2.15 bits per heavy atom. The topological polar surface area (TPSA) is 84.1 Å². The lowest BCUT2D eigenvalue weighted by Crippen LogP contribution is -2.27. The van der Waals surface area contributed by atoms with E-state index in [0.29, 0.717) is 11.3 Å². The average Bonchev–Trinajstić information content (AvgIpc) is 2.98. The van der Waals surface area contributed by atoms with Crippen molar-refractivity contribution in [2.45, 2.75) is 0 Å². The van der Waals surface area contributed by atoms with Crippen LogP contribution in [0.4, 0.5) is 0 Å². The van der Waals surface area contributed by atoms with Crippen LogP contribution in [-0.4, -0.2) is 38.9 Å². The lowest BCUT2D eigenvalue weighted by Gasteiger charge is -2.09. The minimum atomic E-state index is -0.249. The second-order valence-corrected chi connectivity index (χ2v) is 3.96. The number of aromatic nitrogens is 5. The predicted octanol–water partition coefficient (Wildman–Crippen LogP) is 0.282. The third-order valence-electron chi connectivity index (χ3n) is 2.70. The van der Waals surface area contributed by atoms with E-state index in [0.717, 1.165) is 10.3 Å². The van der Waals surface area contributed by atoms with Crippen LogP contribution in [0.5, 0.6) is 5.75 Å². The molecule has 102 valence electrons. The highest BCUT2D eigenvalue weighted by Gasteiger charge is 2.07. The summed E-state index contributed by atoms with van der Waals surface area (Å²) in [5, 5.41) is 12.0. The molecule has 2 heterocycles. The summed E-state index contributed by atoms with van der Waals surface area (Å²) in [6, 6.07) is 8.46. The van der Waals surface area contributed by atoms with E-state index in [1.54, 1.807) is 31.4 Å². The van der Waals surface area contributed by atoms with E-state index in [1.807, 2.05) is 0 Å². The third kappa shape index (κ3) is 2.12. The molecule has 2 aromatic heterocycles. The van der Waals surface area contributed by atoms with Gasteiger partial charge in [-0.25, -0.2) is 0 Å². The molecule has 0 fully saturated rings. The van der Waals surface area contributed by atoms with Crippen molar-refractivity contribution in [1.29, 1.82) is 0 Å². The van der Waals surface area contributed by atoms with Crippen LogP contribution in [-0.2, 0) is 4.74 Å². The van der Waals surface area contributed by atoms with E-state index in [1.165, 1.54) is 17.1 Å². The van der Waals surface area contributed by atoms with Gasteiger partial charge in [-0.05, 0) is 29.5 Å². The fourth-order valence-corrected chi connectivity index (χ4v) is 1.86. The molecule has 0 bridgehead atoms. The lowest BCUT2D eigenvalue weighted by atomic mass is 10.2. The van der Waals surface area contributed by atoms with Crippen LogP contribution in [0.1, 0.15) is 0 Å². The number of tetrazole rings is 1. The van der Waals surface area contributed by atoms with E-state index in [4.69, 9.17) is 9.47 Å². The molecule has 3 rings (SSSR count). The summed E-state index contributed by atoms with van der Waals surface area (Å²) >= 11 is 0. The maximum atomic E-state index is 12.0. The molecule has 0 aliphatic heterocycles. The van der Waals surface area contributed by atoms with Crippen LogP contribution in [0.15, 0.2) is 41.5 Å². The largest absolute Gasteiger partial charge is 0.468 e. The molecule has 3 aromatic rings. The number of rotatable bonds is 4. The smallest absolute Gasteiger partial charge is 0.272 e. The monoisotopic (exact) mass is 273 g/mol. The zero-order valence-corrected chi connectivity index (χ0v) is 10.6. The van der Waals surface area contributed by atoms with E-state index >= 15 is 0 Å². The molecule has 0 aliphatic carbocycles. The highest BCUT2D eigenvalue weighted by molar-refractivity contribution is 5.80. The molecule has 0 unspecified atom stereocenters. The molecule has 0 spiro atoms. The van der Waals surface area contributed by atoms with Crippen molar-refractivity contribution < 1.29 is 9.47 Å². The molecule has 0 atom stereocenters. The van der Waals surface area contributed by atoms with Crippen molar-refractivity contribution in [2.24, 2.45) is 0 Å². The molecular formula is C12H11N5O3. The molecule has 0 saturated heterocycles. The first-order chi connectivity index (χ1) is 9.79. The summed E-state index contributed by atoms with van der Waals surface area (Å²) in [5.74, 6) is 0.649. The number of hydrogen-bond donors (Lipinski definition) is 0. The van der Waals surface area contributed by atoms with Gasteiger partial charge in [0.05, 0.1) is 5.52 Å². The summed E-state index contributed by atoms with van der Waals surface area (Å²) in [4.78, 5) is 13.1. The SMILES string of the molecule is COCOc1ccc2c(ccc(=O)n2-n2ncnn2)c1. The fourth-order valence-electron chi connectivity index (χ4n) is 1.86. The Morgan fingerprint density at radius 3 is 2.90 bits per heavy atom. The maximum Gasteiger partial charge on any atom is 0.272 e. The van der Waals surface area contributed by atoms with Gasteiger partial charge in [-0.15, -0.1) is 10.2 Å². The Bertz CT molecular complexity index is 781. The number of fused-ring (bicyclic) bond motifs is 1. The molecule has 1 aromatic carbocycles. The molecule has 0 radical (unpaired) electrons. The third-order valence-corrected chi connectivity index (χ3v) is 2.70. The molecule has 20 heavy (non-hydrogen) atoms. The number of pyridine rings is 1. The molecule has 8 heteroatoms. The second kappa shape index (κ2) is 5.10. The zero-order chi connectivity index (χ0) is 13.9. The highest BCUT2D eigenvalue weighted by Crippen LogP contribution is 2.19. The average molecular weight is 273 g/mol. The summed E-state index contributed by atoms with van der Waals surface area (Å²) in [7, 11) is 1.55. The van der Waals surface area contributed by atoms with Crippen LogP contribution in [0.2, 0.25) is 0 Å². The van der Waals surface area contributed by atoms with E-state index in [9.17, 15) is 4.79 Å². The van der Waals surface area contributed by atoms with Gasteiger partial charge in [0, 0.05) is 18.6 Å². The standard InChI is InChI=1S/C12H11N5O3/c1-19-8-20-10-3-4-11-9(6-10)2-5-12(18)16(11)17-14-7-13-15-17/h2-7H,8H2,1H3. The number of methoxy groups -OCH3 is 1. The molecule has 0 amide bonds. The molecule has 8 nitrogen and oxygen atoms in total. The summed E-state index contributed by atoms with van der Waals surface area (Å²) in [6.45, 7) is 0.162. The number of hydrogen-bond acceptors (Lipinski definition) is 6. The highest BCUT2D eigenvalue weighted by atomic mass is 16.7. The number of benzene rings is 1. The minimum absolute atomic E-state index is 0.162. The van der Waals surface area contributed by atoms with E-state index in [2.05, 4.69) is 15.4 Å². The van der Waals surface area contributed by atoms with Gasteiger partial charge < -0.3 is 9.47 Å². The number of nitrogens with zero attached hydrogens (tertiary/aromatic N) is 5. The minimum Gasteiger partial charge on any atom is -0.468 e. The Kier molecular flexibility index (Phi) is 3.13. The molecule has 0 saturated carbocycles. The van der Waals surface area contributed by atoms with Gasteiger partial charge >= 0.3 is 0 Å². The fraction of sp³-hybridized carbons (Fsp3) is 0.167. The summed E-state index contributed by atoms with van der Waals surface area (Å²) in [6.07, 6.45) is 1.27. The van der Waals surface area contributed by atoms with Gasteiger partial charge in [-0.3, -0.25) is 4.79 Å². The Morgan fingerprint density at radius 1 is 1.25 bits per heavy atom. The van der Waals surface area contributed by atoms with Gasteiger partial charge in [0.1, 0.15) is 5.75 Å². The Balaban J connectivity index is 2.15. The lowest BCUT2D eigenvalue weighted by molar-refractivity contribution is 0.0512. The quantitative estimate of drug-likeness (QED) is 0.635. The van der Waals surface area contributed by atoms with Gasteiger partial charge in [-0.1, -0.05) is 4.91 Å². The van der Waals surface area contributed by atoms with Gasteiger partial charge in [0.2, 0.25) is 0 Å². The van der Waals surface area contributed by atoms with Gasteiger partial charge in [-0.2, -0.15) is 4.68 Å². The normalized spacial score (nSPS) is 10.8. The zero-order valence-electron chi connectivity index (χ0n) is 10.6. The Labute approximate surface area is 113 Å².